The van der Waals surface area contributed by atoms with Crippen molar-refractivity contribution in [2.45, 2.75) is 42.1 Å². The Kier molecular flexibility index (Phi) is 4.97. The molecule has 1 aliphatic rings. The molecule has 2 aromatic carbocycles. The molecule has 1 heterocycles. The van der Waals surface area contributed by atoms with Gasteiger partial charge in [-0.2, -0.15) is 0 Å². The lowest BCUT2D eigenvalue weighted by Crippen LogP contribution is -2.12. The highest BCUT2D eigenvalue weighted by Gasteiger charge is 2.28. The average molecular weight is 425 g/mol. The number of ether oxygens (including phenoxy) is 2. The summed E-state index contributed by atoms with van der Waals surface area (Å²) >= 11 is 3.39. The van der Waals surface area contributed by atoms with Crippen LogP contribution in [0.3, 0.4) is 0 Å². The van der Waals surface area contributed by atoms with Crippen molar-refractivity contribution in [3.05, 3.63) is 52.5 Å². The Hall–Kier alpha value is -1.37. The molecule has 0 radical (unpaired) electrons. The summed E-state index contributed by atoms with van der Waals surface area (Å²) in [5.74, 6) is 0.331. The van der Waals surface area contributed by atoms with E-state index in [1.807, 2.05) is 12.1 Å². The smallest absolute Gasteiger partial charge is 0.210 e. The van der Waals surface area contributed by atoms with Crippen LogP contribution in [0.5, 0.6) is 5.75 Å². The van der Waals surface area contributed by atoms with E-state index in [-0.39, 0.29) is 21.3 Å². The van der Waals surface area contributed by atoms with Gasteiger partial charge < -0.3 is 9.47 Å². The third-order valence-electron chi connectivity index (χ3n) is 4.07. The van der Waals surface area contributed by atoms with E-state index in [1.165, 1.54) is 0 Å². The molecule has 6 heteroatoms. The molecule has 2 aromatic rings. The number of hydrogen-bond acceptors (Lipinski definition) is 4. The van der Waals surface area contributed by atoms with E-state index >= 15 is 0 Å². The first kappa shape index (κ1) is 18.4. The predicted molar refractivity (Wildman–Crippen MR) is 100.0 cm³/mol. The SMILES string of the molecule is CC(C)(C)c1ccc(S(=O)(=O)c2cccc(Br)c2OCC2CO2)cc1. The number of benzene rings is 2. The maximum Gasteiger partial charge on any atom is 0.210 e. The largest absolute Gasteiger partial charge is 0.488 e. The molecular formula is C19H21BrO4S. The molecule has 1 unspecified atom stereocenters. The van der Waals surface area contributed by atoms with E-state index in [1.54, 1.807) is 30.3 Å². The third kappa shape index (κ3) is 4.07. The van der Waals surface area contributed by atoms with Crippen molar-refractivity contribution in [1.29, 1.82) is 0 Å². The van der Waals surface area contributed by atoms with Crippen molar-refractivity contribution in [2.75, 3.05) is 13.2 Å². The van der Waals surface area contributed by atoms with Gasteiger partial charge in [-0.15, -0.1) is 0 Å². The summed E-state index contributed by atoms with van der Waals surface area (Å²) in [6.45, 7) is 7.28. The average Bonchev–Trinajstić information content (AvgIpc) is 3.37. The molecule has 25 heavy (non-hydrogen) atoms. The Bertz CT molecular complexity index is 863. The van der Waals surface area contributed by atoms with Crippen molar-refractivity contribution < 1.29 is 17.9 Å². The fourth-order valence-electron chi connectivity index (χ4n) is 2.44. The lowest BCUT2D eigenvalue weighted by atomic mass is 9.87. The van der Waals surface area contributed by atoms with Gasteiger partial charge >= 0.3 is 0 Å². The maximum atomic E-state index is 13.1. The topological polar surface area (TPSA) is 55.9 Å². The zero-order chi connectivity index (χ0) is 18.2. The first-order valence-corrected chi connectivity index (χ1v) is 10.4. The maximum absolute atomic E-state index is 13.1. The van der Waals surface area contributed by atoms with Gasteiger partial charge in [0.25, 0.3) is 0 Å². The molecular weight excluding hydrogens is 404 g/mol. The normalized spacial score (nSPS) is 17.4. The summed E-state index contributed by atoms with van der Waals surface area (Å²) in [7, 11) is -3.68. The quantitative estimate of drug-likeness (QED) is 0.669. The fraction of sp³-hybridized carbons (Fsp3) is 0.368. The second-order valence-corrected chi connectivity index (χ2v) is 9.88. The molecule has 3 rings (SSSR count). The van der Waals surface area contributed by atoms with Crippen LogP contribution in [-0.4, -0.2) is 27.7 Å². The highest BCUT2D eigenvalue weighted by atomic mass is 79.9. The van der Waals surface area contributed by atoms with E-state index in [2.05, 4.69) is 36.7 Å². The van der Waals surface area contributed by atoms with Crippen molar-refractivity contribution in [3.63, 3.8) is 0 Å². The fourth-order valence-corrected chi connectivity index (χ4v) is 4.47. The minimum Gasteiger partial charge on any atom is -0.488 e. The van der Waals surface area contributed by atoms with Crippen LogP contribution in [0, 0.1) is 0 Å². The summed E-state index contributed by atoms with van der Waals surface area (Å²) < 4.78 is 37.7. The highest BCUT2D eigenvalue weighted by Crippen LogP contribution is 2.36. The van der Waals surface area contributed by atoms with E-state index in [9.17, 15) is 8.42 Å². The van der Waals surface area contributed by atoms with Gasteiger partial charge in [-0.3, -0.25) is 0 Å². The van der Waals surface area contributed by atoms with Gasteiger partial charge in [-0.05, 0) is 51.2 Å². The zero-order valence-electron chi connectivity index (χ0n) is 14.5. The van der Waals surface area contributed by atoms with Crippen LogP contribution >= 0.6 is 15.9 Å². The number of rotatable bonds is 5. The minimum atomic E-state index is -3.68. The van der Waals surface area contributed by atoms with E-state index < -0.39 is 9.84 Å². The van der Waals surface area contributed by atoms with Crippen LogP contribution < -0.4 is 4.74 Å². The molecule has 0 amide bonds. The Morgan fingerprint density at radius 2 is 1.80 bits per heavy atom. The van der Waals surface area contributed by atoms with Crippen molar-refractivity contribution in [1.82, 2.24) is 0 Å². The second-order valence-electron chi connectivity index (χ2n) is 7.11. The van der Waals surface area contributed by atoms with E-state index in [0.717, 1.165) is 5.56 Å². The van der Waals surface area contributed by atoms with Gasteiger partial charge in [0.05, 0.1) is 16.0 Å². The van der Waals surface area contributed by atoms with Crippen molar-refractivity contribution in [3.8, 4) is 5.75 Å². The molecule has 0 bridgehead atoms. The minimum absolute atomic E-state index is 0.0311. The number of sulfone groups is 1. The molecule has 1 atom stereocenters. The van der Waals surface area contributed by atoms with Gasteiger partial charge in [0.15, 0.2) is 5.75 Å². The van der Waals surface area contributed by atoms with E-state index in [4.69, 9.17) is 9.47 Å². The summed E-state index contributed by atoms with van der Waals surface area (Å²) in [4.78, 5) is 0.414. The van der Waals surface area contributed by atoms with Crippen LogP contribution in [0.15, 0.2) is 56.7 Å². The van der Waals surface area contributed by atoms with Crippen LogP contribution in [0.25, 0.3) is 0 Å². The van der Waals surface area contributed by atoms with Gasteiger partial charge in [-0.1, -0.05) is 39.0 Å². The van der Waals surface area contributed by atoms with Crippen LogP contribution in [-0.2, 0) is 20.0 Å². The predicted octanol–water partition coefficient (Wildman–Crippen LogP) is 4.36. The molecule has 4 nitrogen and oxygen atoms in total. The Labute approximate surface area is 157 Å². The van der Waals surface area contributed by atoms with Gasteiger partial charge in [-0.25, -0.2) is 8.42 Å². The van der Waals surface area contributed by atoms with Gasteiger partial charge in [0.2, 0.25) is 9.84 Å². The number of halogens is 1. The zero-order valence-corrected chi connectivity index (χ0v) is 16.9. The Morgan fingerprint density at radius 1 is 1.16 bits per heavy atom. The van der Waals surface area contributed by atoms with Gasteiger partial charge in [0, 0.05) is 0 Å². The molecule has 0 spiro atoms. The van der Waals surface area contributed by atoms with Gasteiger partial charge in [0.1, 0.15) is 17.6 Å². The first-order valence-electron chi connectivity index (χ1n) is 8.08. The lowest BCUT2D eigenvalue weighted by molar-refractivity contribution is 0.256. The first-order chi connectivity index (χ1) is 11.7. The number of para-hydroxylation sites is 1. The van der Waals surface area contributed by atoms with Crippen LogP contribution in [0.2, 0.25) is 0 Å². The van der Waals surface area contributed by atoms with Crippen molar-refractivity contribution in [2.24, 2.45) is 0 Å². The summed E-state index contributed by atoms with van der Waals surface area (Å²) in [6, 6.07) is 12.1. The monoisotopic (exact) mass is 424 g/mol. The number of hydrogen-bond donors (Lipinski definition) is 0. The molecule has 1 aliphatic heterocycles. The molecule has 1 fully saturated rings. The molecule has 0 saturated carbocycles. The molecule has 134 valence electrons. The van der Waals surface area contributed by atoms with Crippen molar-refractivity contribution >= 4 is 25.8 Å². The second kappa shape index (κ2) is 6.74. The van der Waals surface area contributed by atoms with Crippen LogP contribution in [0.1, 0.15) is 26.3 Å². The molecule has 1 saturated heterocycles. The highest BCUT2D eigenvalue weighted by molar-refractivity contribution is 9.10. The summed E-state index contributed by atoms with van der Waals surface area (Å²) in [5, 5.41) is 0. The Morgan fingerprint density at radius 3 is 2.36 bits per heavy atom. The number of epoxide rings is 1. The van der Waals surface area contributed by atoms with Crippen LogP contribution in [0.4, 0.5) is 0 Å². The Balaban J connectivity index is 1.98. The van der Waals surface area contributed by atoms with E-state index in [0.29, 0.717) is 23.4 Å². The summed E-state index contributed by atoms with van der Waals surface area (Å²) in [6.07, 6.45) is 0.0497. The molecule has 0 aliphatic carbocycles. The third-order valence-corrected chi connectivity index (χ3v) is 6.48. The standard InChI is InChI=1S/C19H21BrO4S/c1-19(2,3)13-7-9-15(10-8-13)25(21,22)17-6-4-5-16(20)18(17)24-12-14-11-23-14/h4-10,14H,11-12H2,1-3H3. The molecule has 0 aromatic heterocycles. The summed E-state index contributed by atoms with van der Waals surface area (Å²) in [5.41, 5.74) is 1.06. The molecule has 0 N–H and O–H groups in total. The lowest BCUT2D eigenvalue weighted by Gasteiger charge is -2.19.